The SMILES string of the molecule is CCN(C(=O)Cn1nc(C(=O)Nc2ccccc2C#N)c2ccccc2c1=O)c1ccc2c(c1)OC(F)(F)O2. The van der Waals surface area contributed by atoms with Crippen LogP contribution in [-0.2, 0) is 11.3 Å². The summed E-state index contributed by atoms with van der Waals surface area (Å²) in [6.45, 7) is 1.26. The van der Waals surface area contributed by atoms with Gasteiger partial charge in [-0.05, 0) is 37.3 Å². The van der Waals surface area contributed by atoms with Crippen molar-refractivity contribution in [2.45, 2.75) is 19.8 Å². The molecule has 0 fully saturated rings. The number of nitrogens with zero attached hydrogens (tertiary/aromatic N) is 4. The maximum atomic E-state index is 13.4. The Kier molecular flexibility index (Phi) is 6.41. The maximum Gasteiger partial charge on any atom is 0.586 e. The minimum Gasteiger partial charge on any atom is -0.395 e. The molecule has 196 valence electrons. The summed E-state index contributed by atoms with van der Waals surface area (Å²) in [5, 5.41) is 16.6. The molecule has 2 heterocycles. The number of aromatic nitrogens is 2. The van der Waals surface area contributed by atoms with E-state index < -0.39 is 30.2 Å². The normalized spacial score (nSPS) is 13.1. The monoisotopic (exact) mass is 531 g/mol. The number of carbonyl (C=O) groups is 2. The quantitative estimate of drug-likeness (QED) is 0.400. The van der Waals surface area contributed by atoms with E-state index in [-0.39, 0.29) is 51.4 Å². The fraction of sp³-hybridized carbons (Fsp3) is 0.148. The minimum atomic E-state index is -3.81. The maximum absolute atomic E-state index is 13.4. The van der Waals surface area contributed by atoms with Gasteiger partial charge in [0.1, 0.15) is 12.6 Å². The fourth-order valence-electron chi connectivity index (χ4n) is 4.20. The molecule has 0 bridgehead atoms. The summed E-state index contributed by atoms with van der Waals surface area (Å²) in [6.07, 6.45) is -3.81. The summed E-state index contributed by atoms with van der Waals surface area (Å²) in [6, 6.07) is 18.6. The van der Waals surface area contributed by atoms with E-state index in [0.29, 0.717) is 0 Å². The Balaban J connectivity index is 1.48. The molecule has 0 radical (unpaired) electrons. The van der Waals surface area contributed by atoms with E-state index in [0.717, 1.165) is 4.68 Å². The van der Waals surface area contributed by atoms with E-state index >= 15 is 0 Å². The first-order valence-corrected chi connectivity index (χ1v) is 11.7. The highest BCUT2D eigenvalue weighted by Gasteiger charge is 2.43. The van der Waals surface area contributed by atoms with Crippen LogP contribution in [0.1, 0.15) is 23.0 Å². The van der Waals surface area contributed by atoms with Crippen molar-refractivity contribution in [1.82, 2.24) is 9.78 Å². The van der Waals surface area contributed by atoms with Gasteiger partial charge in [0, 0.05) is 23.7 Å². The molecule has 0 atom stereocenters. The number of fused-ring (bicyclic) bond motifs is 2. The summed E-state index contributed by atoms with van der Waals surface area (Å²) in [7, 11) is 0. The highest BCUT2D eigenvalue weighted by molar-refractivity contribution is 6.11. The van der Waals surface area contributed by atoms with Crippen LogP contribution >= 0.6 is 0 Å². The van der Waals surface area contributed by atoms with Crippen molar-refractivity contribution in [2.24, 2.45) is 0 Å². The van der Waals surface area contributed by atoms with E-state index in [1.165, 1.54) is 35.2 Å². The van der Waals surface area contributed by atoms with Gasteiger partial charge in [0.25, 0.3) is 11.5 Å². The van der Waals surface area contributed by atoms with Gasteiger partial charge in [-0.25, -0.2) is 4.68 Å². The summed E-state index contributed by atoms with van der Waals surface area (Å²) in [4.78, 5) is 41.0. The second-order valence-corrected chi connectivity index (χ2v) is 8.41. The van der Waals surface area contributed by atoms with Crippen molar-refractivity contribution in [3.8, 4) is 17.6 Å². The largest absolute Gasteiger partial charge is 0.586 e. The van der Waals surface area contributed by atoms with Crippen LogP contribution in [0.2, 0.25) is 0 Å². The number of amides is 2. The summed E-state index contributed by atoms with van der Waals surface area (Å²) in [5.41, 5.74) is 0.00450. The van der Waals surface area contributed by atoms with Gasteiger partial charge in [-0.1, -0.05) is 30.3 Å². The first-order chi connectivity index (χ1) is 18.7. The molecule has 1 aromatic heterocycles. The molecule has 10 nitrogen and oxygen atoms in total. The first kappa shape index (κ1) is 25.3. The molecule has 1 N–H and O–H groups in total. The average Bonchev–Trinajstić information content (AvgIpc) is 3.24. The van der Waals surface area contributed by atoms with Crippen molar-refractivity contribution in [3.05, 3.63) is 88.3 Å². The number of nitrogens with one attached hydrogen (secondary N) is 1. The first-order valence-electron chi connectivity index (χ1n) is 11.7. The standard InChI is InChI=1S/C27H19F2N5O5/c1-2-33(17-11-12-21-22(13-17)39-27(28,29)38-21)23(35)15-34-26(37)19-9-5-4-8-18(19)24(32-34)25(36)31-20-10-6-3-7-16(20)14-30/h3-13H,2,15H2,1H3,(H,31,36). The van der Waals surface area contributed by atoms with E-state index in [2.05, 4.69) is 19.9 Å². The lowest BCUT2D eigenvalue weighted by atomic mass is 10.1. The summed E-state index contributed by atoms with van der Waals surface area (Å²) >= 11 is 0. The molecule has 2 amide bonds. The second-order valence-electron chi connectivity index (χ2n) is 8.41. The van der Waals surface area contributed by atoms with E-state index in [1.807, 2.05) is 6.07 Å². The molecule has 0 spiro atoms. The van der Waals surface area contributed by atoms with Gasteiger partial charge in [0.2, 0.25) is 5.91 Å². The predicted molar refractivity (Wildman–Crippen MR) is 136 cm³/mol. The number of hydrogen-bond donors (Lipinski definition) is 1. The lowest BCUT2D eigenvalue weighted by Gasteiger charge is -2.22. The Morgan fingerprint density at radius 2 is 1.74 bits per heavy atom. The van der Waals surface area contributed by atoms with Gasteiger partial charge in [-0.3, -0.25) is 14.4 Å². The van der Waals surface area contributed by atoms with Crippen LogP contribution in [0.25, 0.3) is 10.8 Å². The molecule has 3 aromatic carbocycles. The van der Waals surface area contributed by atoms with E-state index in [4.69, 9.17) is 0 Å². The molecule has 39 heavy (non-hydrogen) atoms. The lowest BCUT2D eigenvalue weighted by molar-refractivity contribution is -0.286. The Hall–Kier alpha value is -5.31. The van der Waals surface area contributed by atoms with Crippen LogP contribution in [-0.4, -0.2) is 34.4 Å². The Morgan fingerprint density at radius 3 is 2.49 bits per heavy atom. The number of hydrogen-bond acceptors (Lipinski definition) is 7. The predicted octanol–water partition coefficient (Wildman–Crippen LogP) is 3.90. The second kappa shape index (κ2) is 9.86. The van der Waals surface area contributed by atoms with Crippen molar-refractivity contribution >= 4 is 34.0 Å². The zero-order valence-corrected chi connectivity index (χ0v) is 20.4. The van der Waals surface area contributed by atoms with Gasteiger partial charge in [-0.2, -0.15) is 10.4 Å². The highest BCUT2D eigenvalue weighted by Crippen LogP contribution is 2.42. The van der Waals surface area contributed by atoms with Crippen molar-refractivity contribution in [2.75, 3.05) is 16.8 Å². The van der Waals surface area contributed by atoms with Gasteiger partial charge in [-0.15, -0.1) is 8.78 Å². The Labute approximate surface area is 219 Å². The third kappa shape index (κ3) is 4.85. The smallest absolute Gasteiger partial charge is 0.395 e. The van der Waals surface area contributed by atoms with Gasteiger partial charge >= 0.3 is 6.29 Å². The zero-order chi connectivity index (χ0) is 27.7. The fourth-order valence-corrected chi connectivity index (χ4v) is 4.20. The number of anilines is 2. The van der Waals surface area contributed by atoms with Crippen LogP contribution in [0.5, 0.6) is 11.5 Å². The Morgan fingerprint density at radius 1 is 1.05 bits per heavy atom. The number of benzene rings is 3. The molecule has 4 aromatic rings. The molecule has 5 rings (SSSR count). The lowest BCUT2D eigenvalue weighted by Crippen LogP contribution is -2.38. The molecular formula is C27H19F2N5O5. The molecule has 12 heteroatoms. The summed E-state index contributed by atoms with van der Waals surface area (Å²) in [5.74, 6) is -1.68. The van der Waals surface area contributed by atoms with Crippen LogP contribution in [0.4, 0.5) is 20.2 Å². The average molecular weight is 531 g/mol. The number of alkyl halides is 2. The molecule has 1 aliphatic rings. The number of carbonyl (C=O) groups excluding carboxylic acids is 2. The van der Waals surface area contributed by atoms with Crippen molar-refractivity contribution < 1.29 is 27.8 Å². The summed E-state index contributed by atoms with van der Waals surface area (Å²) < 4.78 is 36.6. The zero-order valence-electron chi connectivity index (χ0n) is 20.4. The number of likely N-dealkylation sites (N-methyl/N-ethyl adjacent to an activating group) is 1. The van der Waals surface area contributed by atoms with Crippen LogP contribution < -0.4 is 25.2 Å². The molecule has 0 unspecified atom stereocenters. The van der Waals surface area contributed by atoms with Gasteiger partial charge < -0.3 is 19.7 Å². The van der Waals surface area contributed by atoms with Crippen molar-refractivity contribution in [1.29, 1.82) is 5.26 Å². The van der Waals surface area contributed by atoms with Crippen molar-refractivity contribution in [3.63, 3.8) is 0 Å². The number of para-hydroxylation sites is 1. The van der Waals surface area contributed by atoms with Gasteiger partial charge in [0.15, 0.2) is 17.2 Å². The third-order valence-corrected chi connectivity index (χ3v) is 5.98. The Bertz CT molecular complexity index is 1730. The topological polar surface area (TPSA) is 127 Å². The number of nitriles is 1. The molecule has 0 saturated heterocycles. The molecule has 0 saturated carbocycles. The van der Waals surface area contributed by atoms with Gasteiger partial charge in [0.05, 0.1) is 16.6 Å². The van der Waals surface area contributed by atoms with Crippen LogP contribution in [0.3, 0.4) is 0 Å². The van der Waals surface area contributed by atoms with E-state index in [1.54, 1.807) is 43.3 Å². The molecule has 1 aliphatic heterocycles. The number of halogens is 2. The number of rotatable bonds is 6. The third-order valence-electron chi connectivity index (χ3n) is 5.98. The highest BCUT2D eigenvalue weighted by atomic mass is 19.3. The van der Waals surface area contributed by atoms with Crippen LogP contribution in [0.15, 0.2) is 71.5 Å². The molecule has 0 aliphatic carbocycles. The number of ether oxygens (including phenoxy) is 2. The van der Waals surface area contributed by atoms with E-state index in [9.17, 15) is 28.4 Å². The van der Waals surface area contributed by atoms with Crippen LogP contribution in [0, 0.1) is 11.3 Å². The minimum absolute atomic E-state index is 0.126. The molecular weight excluding hydrogens is 512 g/mol.